The topological polar surface area (TPSA) is 237 Å². The van der Waals surface area contributed by atoms with Gasteiger partial charge in [0.25, 0.3) is 0 Å². The van der Waals surface area contributed by atoms with Crippen LogP contribution in [0.4, 0.5) is 0 Å². The average Bonchev–Trinajstić information content (AvgIpc) is 0.996. The first kappa shape index (κ1) is 96.1. The van der Waals surface area contributed by atoms with Gasteiger partial charge in [0.1, 0.15) is 19.3 Å². The van der Waals surface area contributed by atoms with E-state index in [-0.39, 0.29) is 25.7 Å². The summed E-state index contributed by atoms with van der Waals surface area (Å²) in [5.41, 5.74) is 0. The summed E-state index contributed by atoms with van der Waals surface area (Å²) in [6.45, 7) is 9.59. The number of aliphatic hydroxyl groups excluding tert-OH is 1. The van der Waals surface area contributed by atoms with Gasteiger partial charge in [-0.2, -0.15) is 0 Å². The molecule has 0 heterocycles. The summed E-state index contributed by atoms with van der Waals surface area (Å²) in [5.74, 6) is -0.511. The maximum Gasteiger partial charge on any atom is 0.472 e. The molecule has 3 N–H and O–H groups in total. The van der Waals surface area contributed by atoms with Crippen molar-refractivity contribution in [2.24, 2.45) is 11.8 Å². The highest BCUT2D eigenvalue weighted by atomic mass is 31.2. The van der Waals surface area contributed by atoms with E-state index in [0.717, 1.165) is 108 Å². The van der Waals surface area contributed by atoms with E-state index in [9.17, 15) is 43.2 Å². The lowest BCUT2D eigenvalue weighted by molar-refractivity contribution is -0.161. The van der Waals surface area contributed by atoms with Crippen molar-refractivity contribution in [3.8, 4) is 0 Å². The third-order valence-corrected chi connectivity index (χ3v) is 20.4. The lowest BCUT2D eigenvalue weighted by Crippen LogP contribution is -2.30. The highest BCUT2D eigenvalue weighted by Crippen LogP contribution is 2.45. The van der Waals surface area contributed by atoms with Gasteiger partial charge < -0.3 is 33.8 Å². The second-order valence-corrected chi connectivity index (χ2v) is 32.3. The fraction of sp³-hybridized carbons (Fsp3) is 0.949. The van der Waals surface area contributed by atoms with Crippen LogP contribution in [0.25, 0.3) is 0 Å². The maximum absolute atomic E-state index is 13.1. The third-order valence-electron chi connectivity index (χ3n) is 18.5. The highest BCUT2D eigenvalue weighted by molar-refractivity contribution is 7.47. The molecule has 0 aliphatic heterocycles. The molecule has 0 saturated heterocycles. The van der Waals surface area contributed by atoms with Crippen LogP contribution in [0.5, 0.6) is 0 Å². The normalized spacial score (nSPS) is 13.9. The minimum absolute atomic E-state index is 0.107. The Morgan fingerprint density at radius 1 is 0.276 bits per heavy atom. The smallest absolute Gasteiger partial charge is 0.462 e. The van der Waals surface area contributed by atoms with Crippen molar-refractivity contribution < 1.29 is 80.2 Å². The number of carbonyl (C=O) groups is 4. The summed E-state index contributed by atoms with van der Waals surface area (Å²) in [4.78, 5) is 72.6. The molecule has 19 heteroatoms. The summed E-state index contributed by atoms with van der Waals surface area (Å²) >= 11 is 0. The van der Waals surface area contributed by atoms with Crippen LogP contribution < -0.4 is 0 Å². The Labute approximate surface area is 600 Å². The Morgan fingerprint density at radius 3 is 0.694 bits per heavy atom. The van der Waals surface area contributed by atoms with Gasteiger partial charge in [-0.1, -0.05) is 363 Å². The van der Waals surface area contributed by atoms with Crippen molar-refractivity contribution in [1.82, 2.24) is 0 Å². The average molecular weight is 1440 g/mol. The van der Waals surface area contributed by atoms with Gasteiger partial charge in [-0.25, -0.2) is 9.13 Å². The van der Waals surface area contributed by atoms with Gasteiger partial charge in [-0.3, -0.25) is 37.3 Å². The maximum atomic E-state index is 13.1. The Hall–Kier alpha value is -1.94. The van der Waals surface area contributed by atoms with Crippen LogP contribution >= 0.6 is 15.6 Å². The van der Waals surface area contributed by atoms with Gasteiger partial charge >= 0.3 is 39.5 Å². The summed E-state index contributed by atoms with van der Waals surface area (Å²) < 4.78 is 68.4. The van der Waals surface area contributed by atoms with E-state index in [1.54, 1.807) is 0 Å². The first-order valence-electron chi connectivity index (χ1n) is 41.0. The minimum atomic E-state index is -4.96. The van der Waals surface area contributed by atoms with Crippen molar-refractivity contribution in [1.29, 1.82) is 0 Å². The number of hydrogen-bond donors (Lipinski definition) is 3. The molecule has 0 aliphatic carbocycles. The molecule has 0 aromatic heterocycles. The monoisotopic (exact) mass is 1440 g/mol. The molecule has 0 rings (SSSR count). The van der Waals surface area contributed by atoms with Crippen LogP contribution in [0.1, 0.15) is 414 Å². The van der Waals surface area contributed by atoms with Crippen LogP contribution in [0.2, 0.25) is 0 Å². The Balaban J connectivity index is 5.12. The molecule has 17 nitrogen and oxygen atoms in total. The lowest BCUT2D eigenvalue weighted by atomic mass is 10.0. The zero-order valence-electron chi connectivity index (χ0n) is 64.1. The number of carbonyl (C=O) groups excluding carboxylic acids is 4. The SMILES string of the molecule is CCCCCCCCCCCCCCCCCCC(=O)O[C@H](COC(=O)CCCCCCC)COP(=O)(O)OC[C@H](O)COP(=O)(O)OC[C@@H](COC(=O)CCCCCCCCCCCCCCCC(C)C)OC(=O)CCCCCCCCCCCCCCCCCCCCC(C)C. The van der Waals surface area contributed by atoms with Crippen molar-refractivity contribution in [3.05, 3.63) is 0 Å². The van der Waals surface area contributed by atoms with E-state index in [0.29, 0.717) is 25.7 Å². The van der Waals surface area contributed by atoms with Gasteiger partial charge in [-0.15, -0.1) is 0 Å². The Kier molecular flexibility index (Phi) is 69.3. The first-order chi connectivity index (χ1) is 47.4. The summed E-state index contributed by atoms with van der Waals surface area (Å²) in [6, 6.07) is 0. The van der Waals surface area contributed by atoms with Gasteiger partial charge in [-0.05, 0) is 37.5 Å². The largest absolute Gasteiger partial charge is 0.472 e. The molecule has 0 aliphatic rings. The molecule has 0 fully saturated rings. The molecular weight excluding hydrogens is 1280 g/mol. The van der Waals surface area contributed by atoms with Crippen LogP contribution in [-0.2, 0) is 65.4 Å². The quantitative estimate of drug-likeness (QED) is 0.0222. The summed E-state index contributed by atoms with van der Waals surface area (Å²) in [5, 5.41) is 10.6. The summed E-state index contributed by atoms with van der Waals surface area (Å²) in [6.07, 6.45) is 60.1. The molecule has 2 unspecified atom stereocenters. The number of rotatable bonds is 78. The van der Waals surface area contributed by atoms with E-state index in [4.69, 9.17) is 37.0 Å². The van der Waals surface area contributed by atoms with E-state index in [1.807, 2.05) is 0 Å². The Morgan fingerprint density at radius 2 is 0.469 bits per heavy atom. The van der Waals surface area contributed by atoms with Crippen LogP contribution in [0, 0.1) is 11.8 Å². The van der Waals surface area contributed by atoms with E-state index < -0.39 is 97.5 Å². The van der Waals surface area contributed by atoms with E-state index >= 15 is 0 Å². The molecule has 98 heavy (non-hydrogen) atoms. The Bertz CT molecular complexity index is 1890. The molecule has 0 saturated carbocycles. The summed E-state index contributed by atoms with van der Waals surface area (Å²) in [7, 11) is -9.91. The first-order valence-corrected chi connectivity index (χ1v) is 44.0. The predicted molar refractivity (Wildman–Crippen MR) is 400 cm³/mol. The predicted octanol–water partition coefficient (Wildman–Crippen LogP) is 23.5. The highest BCUT2D eigenvalue weighted by Gasteiger charge is 2.30. The van der Waals surface area contributed by atoms with Crippen molar-refractivity contribution >= 4 is 39.5 Å². The minimum Gasteiger partial charge on any atom is -0.462 e. The molecule has 5 atom stereocenters. The zero-order valence-corrected chi connectivity index (χ0v) is 65.9. The molecule has 0 radical (unpaired) electrons. The van der Waals surface area contributed by atoms with Crippen molar-refractivity contribution in [3.63, 3.8) is 0 Å². The molecule has 0 spiro atoms. The van der Waals surface area contributed by atoms with Crippen molar-refractivity contribution in [2.45, 2.75) is 432 Å². The number of esters is 4. The molecular formula is C79H154O17P2. The number of phosphoric ester groups is 2. The lowest BCUT2D eigenvalue weighted by Gasteiger charge is -2.21. The van der Waals surface area contributed by atoms with Crippen LogP contribution in [0.15, 0.2) is 0 Å². The molecule has 0 bridgehead atoms. The van der Waals surface area contributed by atoms with E-state index in [2.05, 4.69) is 41.5 Å². The van der Waals surface area contributed by atoms with Crippen LogP contribution in [-0.4, -0.2) is 96.7 Å². The standard InChI is InChI=1S/C79H154O17P2/c1-7-9-11-13-14-15-16-17-18-24-29-35-40-45-51-57-63-78(83)95-74(67-89-76(81)61-55-47-12-10-8-2)69-93-97(85,86)91-65-73(80)66-92-98(87,88)94-70-75(68-90-77(82)62-56-50-44-39-34-31-26-28-33-38-43-49-54-60-72(5)6)96-79(84)64-58-52-46-41-36-30-25-22-20-19-21-23-27-32-37-42-48-53-59-71(3)4/h71-75,80H,7-70H2,1-6H3,(H,85,86)(H,87,88)/t73-,74+,75+/m0/s1. The molecule has 582 valence electrons. The second kappa shape index (κ2) is 70.7. The zero-order chi connectivity index (χ0) is 72.1. The third kappa shape index (κ3) is 72.4. The number of unbranched alkanes of at least 4 members (excludes halogenated alkanes) is 48. The number of ether oxygens (including phenoxy) is 4. The van der Waals surface area contributed by atoms with Gasteiger partial charge in [0.15, 0.2) is 12.2 Å². The molecule has 0 amide bonds. The fourth-order valence-electron chi connectivity index (χ4n) is 12.2. The van der Waals surface area contributed by atoms with Gasteiger partial charge in [0.2, 0.25) is 0 Å². The van der Waals surface area contributed by atoms with Crippen molar-refractivity contribution in [2.75, 3.05) is 39.6 Å². The van der Waals surface area contributed by atoms with Gasteiger partial charge in [0, 0.05) is 25.7 Å². The van der Waals surface area contributed by atoms with E-state index in [1.165, 1.54) is 225 Å². The number of hydrogen-bond acceptors (Lipinski definition) is 15. The molecule has 0 aromatic rings. The van der Waals surface area contributed by atoms with Gasteiger partial charge in [0.05, 0.1) is 26.4 Å². The number of aliphatic hydroxyl groups is 1. The second-order valence-electron chi connectivity index (χ2n) is 29.4. The van der Waals surface area contributed by atoms with Crippen LogP contribution in [0.3, 0.4) is 0 Å². The number of phosphoric acid groups is 2. The fourth-order valence-corrected chi connectivity index (χ4v) is 13.8. The molecule has 0 aromatic carbocycles.